The van der Waals surface area contributed by atoms with E-state index in [4.69, 9.17) is 0 Å². The zero-order valence-electron chi connectivity index (χ0n) is 12.8. The predicted octanol–water partition coefficient (Wildman–Crippen LogP) is 1.93. The third kappa shape index (κ3) is 3.88. The fraction of sp³-hybridized carbons (Fsp3) is 0.400. The number of amides is 1. The highest BCUT2D eigenvalue weighted by atomic mass is 16.2. The van der Waals surface area contributed by atoms with E-state index in [1.54, 1.807) is 7.05 Å². The third-order valence-electron chi connectivity index (χ3n) is 3.10. The lowest BCUT2D eigenvalue weighted by Gasteiger charge is -2.18. The van der Waals surface area contributed by atoms with Crippen LogP contribution in [0.4, 0.5) is 5.95 Å². The van der Waals surface area contributed by atoms with Gasteiger partial charge in [-0.05, 0) is 18.0 Å². The summed E-state index contributed by atoms with van der Waals surface area (Å²) in [6.07, 6.45) is 0. The SMILES string of the molecule is CNCC(=O)Nc1n[nH]c(-c2ccc(C(C)(C)C)cc2)n1. The number of anilines is 1. The van der Waals surface area contributed by atoms with E-state index in [0.717, 1.165) is 5.56 Å². The minimum absolute atomic E-state index is 0.117. The van der Waals surface area contributed by atoms with Gasteiger partial charge in [0.2, 0.25) is 11.9 Å². The Labute approximate surface area is 124 Å². The van der Waals surface area contributed by atoms with E-state index in [-0.39, 0.29) is 23.8 Å². The van der Waals surface area contributed by atoms with Gasteiger partial charge in [-0.1, -0.05) is 45.0 Å². The zero-order valence-corrected chi connectivity index (χ0v) is 12.8. The number of carbonyl (C=O) groups excluding carboxylic acids is 1. The average molecular weight is 287 g/mol. The van der Waals surface area contributed by atoms with Crippen molar-refractivity contribution in [3.8, 4) is 11.4 Å². The number of benzene rings is 1. The second-order valence-corrected chi connectivity index (χ2v) is 5.91. The van der Waals surface area contributed by atoms with Crippen LogP contribution in [-0.4, -0.2) is 34.7 Å². The minimum Gasteiger partial charge on any atom is -0.311 e. The number of H-pyrrole nitrogens is 1. The number of nitrogens with one attached hydrogen (secondary N) is 3. The molecule has 0 unspecified atom stereocenters. The lowest BCUT2D eigenvalue weighted by Crippen LogP contribution is -2.25. The summed E-state index contributed by atoms with van der Waals surface area (Å²) >= 11 is 0. The molecule has 1 aromatic carbocycles. The van der Waals surface area contributed by atoms with Crippen molar-refractivity contribution < 1.29 is 4.79 Å². The average Bonchev–Trinajstić information content (AvgIpc) is 2.86. The van der Waals surface area contributed by atoms with Gasteiger partial charge in [0.1, 0.15) is 0 Å². The van der Waals surface area contributed by atoms with Crippen molar-refractivity contribution in [3.05, 3.63) is 29.8 Å². The summed E-state index contributed by atoms with van der Waals surface area (Å²) in [6.45, 7) is 6.74. The minimum atomic E-state index is -0.175. The van der Waals surface area contributed by atoms with Crippen LogP contribution in [0.15, 0.2) is 24.3 Å². The molecule has 0 aliphatic heterocycles. The number of hydrogen-bond acceptors (Lipinski definition) is 4. The van der Waals surface area contributed by atoms with Crippen molar-refractivity contribution in [1.29, 1.82) is 0 Å². The topological polar surface area (TPSA) is 82.7 Å². The predicted molar refractivity (Wildman–Crippen MR) is 83.1 cm³/mol. The van der Waals surface area contributed by atoms with Gasteiger partial charge < -0.3 is 5.32 Å². The van der Waals surface area contributed by atoms with Crippen molar-refractivity contribution in [1.82, 2.24) is 20.5 Å². The van der Waals surface area contributed by atoms with Crippen LogP contribution in [0.25, 0.3) is 11.4 Å². The molecule has 0 saturated carbocycles. The quantitative estimate of drug-likeness (QED) is 0.802. The van der Waals surface area contributed by atoms with Gasteiger partial charge in [-0.2, -0.15) is 4.98 Å². The van der Waals surface area contributed by atoms with E-state index >= 15 is 0 Å². The molecule has 112 valence electrons. The highest BCUT2D eigenvalue weighted by Gasteiger charge is 2.14. The third-order valence-corrected chi connectivity index (χ3v) is 3.10. The van der Waals surface area contributed by atoms with Crippen LogP contribution in [0.1, 0.15) is 26.3 Å². The smallest absolute Gasteiger partial charge is 0.249 e. The highest BCUT2D eigenvalue weighted by molar-refractivity contribution is 5.90. The van der Waals surface area contributed by atoms with Crippen molar-refractivity contribution in [3.63, 3.8) is 0 Å². The van der Waals surface area contributed by atoms with E-state index in [1.165, 1.54) is 5.56 Å². The summed E-state index contributed by atoms with van der Waals surface area (Å²) in [7, 11) is 1.71. The molecule has 21 heavy (non-hydrogen) atoms. The molecule has 0 spiro atoms. The van der Waals surface area contributed by atoms with Crippen LogP contribution in [0.3, 0.4) is 0 Å². The molecule has 2 rings (SSSR count). The van der Waals surface area contributed by atoms with Gasteiger partial charge in [0.15, 0.2) is 5.82 Å². The molecule has 1 amide bonds. The van der Waals surface area contributed by atoms with Crippen molar-refractivity contribution in [2.75, 3.05) is 18.9 Å². The molecule has 0 bridgehead atoms. The molecule has 2 aromatic rings. The van der Waals surface area contributed by atoms with Crippen molar-refractivity contribution in [2.45, 2.75) is 26.2 Å². The summed E-state index contributed by atoms with van der Waals surface area (Å²) in [4.78, 5) is 15.7. The van der Waals surface area contributed by atoms with E-state index in [9.17, 15) is 4.79 Å². The standard InChI is InChI=1S/C15H21N5O/c1-15(2,3)11-7-5-10(6-8-11)13-18-14(20-19-13)17-12(21)9-16-4/h5-8,16H,9H2,1-4H3,(H2,17,18,19,20,21). The number of aromatic nitrogens is 3. The molecule has 0 saturated heterocycles. The fourth-order valence-electron chi connectivity index (χ4n) is 1.90. The molecule has 1 heterocycles. The molecule has 0 fully saturated rings. The fourth-order valence-corrected chi connectivity index (χ4v) is 1.90. The Morgan fingerprint density at radius 1 is 1.24 bits per heavy atom. The van der Waals surface area contributed by atoms with Crippen LogP contribution in [-0.2, 0) is 10.2 Å². The van der Waals surface area contributed by atoms with Gasteiger partial charge >= 0.3 is 0 Å². The Kier molecular flexibility index (Phi) is 4.37. The molecule has 6 nitrogen and oxygen atoms in total. The van der Waals surface area contributed by atoms with Crippen LogP contribution < -0.4 is 10.6 Å². The van der Waals surface area contributed by atoms with Crippen LogP contribution in [0.2, 0.25) is 0 Å². The van der Waals surface area contributed by atoms with Crippen molar-refractivity contribution in [2.24, 2.45) is 0 Å². The van der Waals surface area contributed by atoms with Gasteiger partial charge in [0.05, 0.1) is 6.54 Å². The van der Waals surface area contributed by atoms with Gasteiger partial charge in [-0.3, -0.25) is 15.2 Å². The molecule has 0 aliphatic rings. The summed E-state index contributed by atoms with van der Waals surface area (Å²) < 4.78 is 0. The first-order valence-electron chi connectivity index (χ1n) is 6.88. The first-order chi connectivity index (χ1) is 9.90. The number of rotatable bonds is 4. The van der Waals surface area contributed by atoms with Gasteiger partial charge in [0.25, 0.3) is 0 Å². The number of nitrogens with zero attached hydrogens (tertiary/aromatic N) is 2. The normalized spacial score (nSPS) is 11.4. The highest BCUT2D eigenvalue weighted by Crippen LogP contribution is 2.24. The Morgan fingerprint density at radius 2 is 1.90 bits per heavy atom. The largest absolute Gasteiger partial charge is 0.311 e. The Bertz CT molecular complexity index is 610. The molecule has 0 radical (unpaired) electrons. The summed E-state index contributed by atoms with van der Waals surface area (Å²) in [6, 6.07) is 8.16. The van der Waals surface area contributed by atoms with E-state index in [0.29, 0.717) is 5.82 Å². The van der Waals surface area contributed by atoms with Crippen molar-refractivity contribution >= 4 is 11.9 Å². The first kappa shape index (κ1) is 15.2. The molecule has 3 N–H and O–H groups in total. The number of hydrogen-bond donors (Lipinski definition) is 3. The Balaban J connectivity index is 2.12. The lowest BCUT2D eigenvalue weighted by atomic mass is 9.87. The van der Waals surface area contributed by atoms with E-state index in [2.05, 4.69) is 58.7 Å². The molecule has 0 atom stereocenters. The molecular weight excluding hydrogens is 266 g/mol. The summed E-state index contributed by atoms with van der Waals surface area (Å²) in [5, 5.41) is 12.2. The molecule has 0 aliphatic carbocycles. The number of aromatic amines is 1. The number of carbonyl (C=O) groups is 1. The Hall–Kier alpha value is -2.21. The molecule has 1 aromatic heterocycles. The van der Waals surface area contributed by atoms with Crippen LogP contribution in [0.5, 0.6) is 0 Å². The summed E-state index contributed by atoms with van der Waals surface area (Å²) in [5.41, 5.74) is 2.31. The Morgan fingerprint density at radius 3 is 2.48 bits per heavy atom. The maximum atomic E-state index is 11.4. The van der Waals surface area contributed by atoms with E-state index in [1.807, 2.05) is 12.1 Å². The first-order valence-corrected chi connectivity index (χ1v) is 6.88. The van der Waals surface area contributed by atoms with Crippen LogP contribution in [0, 0.1) is 0 Å². The maximum Gasteiger partial charge on any atom is 0.249 e. The summed E-state index contributed by atoms with van der Waals surface area (Å²) in [5.74, 6) is 0.742. The zero-order chi connectivity index (χ0) is 15.5. The lowest BCUT2D eigenvalue weighted by molar-refractivity contribution is -0.115. The second kappa shape index (κ2) is 6.05. The van der Waals surface area contributed by atoms with Gasteiger partial charge in [0, 0.05) is 5.56 Å². The van der Waals surface area contributed by atoms with Gasteiger partial charge in [-0.15, -0.1) is 5.10 Å². The van der Waals surface area contributed by atoms with Crippen LogP contribution >= 0.6 is 0 Å². The second-order valence-electron chi connectivity index (χ2n) is 5.91. The maximum absolute atomic E-state index is 11.4. The van der Waals surface area contributed by atoms with Gasteiger partial charge in [-0.25, -0.2) is 0 Å². The number of likely N-dealkylation sites (N-methyl/N-ethyl adjacent to an activating group) is 1. The monoisotopic (exact) mass is 287 g/mol. The molecular formula is C15H21N5O. The molecule has 6 heteroatoms. The van der Waals surface area contributed by atoms with E-state index < -0.39 is 0 Å².